The average molecular weight is 250 g/mol. The molecule has 1 aliphatic heterocycles. The smallest absolute Gasteiger partial charge is 0.0758 e. The molecule has 3 heteroatoms. The highest BCUT2D eigenvalue weighted by Gasteiger charge is 2.22. The van der Waals surface area contributed by atoms with Crippen molar-refractivity contribution in [3.63, 3.8) is 0 Å². The fourth-order valence-corrected chi connectivity index (χ4v) is 2.75. The second-order valence-electron chi connectivity index (χ2n) is 4.82. The number of rotatable bonds is 2. The first-order chi connectivity index (χ1) is 8.22. The van der Waals surface area contributed by atoms with Crippen LogP contribution in [0.4, 0.5) is 0 Å². The van der Waals surface area contributed by atoms with E-state index in [2.05, 4.69) is 29.8 Å². The van der Waals surface area contributed by atoms with Crippen LogP contribution in [0.2, 0.25) is 5.02 Å². The maximum absolute atomic E-state index is 5.98. The summed E-state index contributed by atoms with van der Waals surface area (Å²) in [5.41, 5.74) is 1.23. The monoisotopic (exact) mass is 249 g/mol. The van der Waals surface area contributed by atoms with Gasteiger partial charge in [0.15, 0.2) is 0 Å². The zero-order chi connectivity index (χ0) is 11.8. The van der Waals surface area contributed by atoms with Crippen LogP contribution in [0.25, 0.3) is 10.9 Å². The lowest BCUT2D eigenvalue weighted by molar-refractivity contribution is 0.0465. The van der Waals surface area contributed by atoms with Gasteiger partial charge in [-0.05, 0) is 44.0 Å². The Morgan fingerprint density at radius 1 is 1.35 bits per heavy atom. The first-order valence-corrected chi connectivity index (χ1v) is 6.50. The molecular weight excluding hydrogens is 234 g/mol. The van der Waals surface area contributed by atoms with Crippen molar-refractivity contribution in [3.05, 3.63) is 35.5 Å². The maximum atomic E-state index is 5.98. The van der Waals surface area contributed by atoms with Gasteiger partial charge >= 0.3 is 0 Å². The Hall–Kier alpha value is -0.990. The van der Waals surface area contributed by atoms with E-state index in [0.29, 0.717) is 12.2 Å². The molecule has 2 unspecified atom stereocenters. The second-order valence-corrected chi connectivity index (χ2v) is 5.25. The van der Waals surface area contributed by atoms with Crippen molar-refractivity contribution in [3.8, 4) is 0 Å². The van der Waals surface area contributed by atoms with Crippen molar-refractivity contribution in [2.75, 3.05) is 0 Å². The Kier molecular flexibility index (Phi) is 2.85. The van der Waals surface area contributed by atoms with Gasteiger partial charge in [-0.3, -0.25) is 0 Å². The summed E-state index contributed by atoms with van der Waals surface area (Å²) in [6, 6.07) is 8.14. The summed E-state index contributed by atoms with van der Waals surface area (Å²) in [5.74, 6) is 0. The molecule has 1 aromatic carbocycles. The van der Waals surface area contributed by atoms with E-state index in [9.17, 15) is 0 Å². The Balaban J connectivity index is 1.85. The second kappa shape index (κ2) is 4.35. The van der Waals surface area contributed by atoms with E-state index in [1.54, 1.807) is 0 Å². The summed E-state index contributed by atoms with van der Waals surface area (Å²) in [4.78, 5) is 0. The molecule has 17 heavy (non-hydrogen) atoms. The number of halogens is 1. The molecule has 1 aliphatic rings. The minimum absolute atomic E-state index is 0.358. The standard InChI is InChI=1S/C14H16ClNO/c1-10-2-4-13(17-10)9-16-7-6-11-8-12(15)3-5-14(11)16/h3,5-8,10,13H,2,4,9H2,1H3. The molecular formula is C14H16ClNO. The minimum atomic E-state index is 0.358. The molecule has 1 aromatic heterocycles. The Bertz CT molecular complexity index is 534. The summed E-state index contributed by atoms with van der Waals surface area (Å²) in [5, 5.41) is 1.99. The van der Waals surface area contributed by atoms with Gasteiger partial charge in [-0.15, -0.1) is 0 Å². The first-order valence-electron chi connectivity index (χ1n) is 6.12. The summed E-state index contributed by atoms with van der Waals surface area (Å²) in [6.07, 6.45) is 5.23. The fraction of sp³-hybridized carbons (Fsp3) is 0.429. The predicted octanol–water partition coefficient (Wildman–Crippen LogP) is 3.86. The molecule has 2 aromatic rings. The fourth-order valence-electron chi connectivity index (χ4n) is 2.57. The van der Waals surface area contributed by atoms with Crippen LogP contribution >= 0.6 is 11.6 Å². The lowest BCUT2D eigenvalue weighted by Crippen LogP contribution is -2.15. The summed E-state index contributed by atoms with van der Waals surface area (Å²) < 4.78 is 8.12. The summed E-state index contributed by atoms with van der Waals surface area (Å²) >= 11 is 5.98. The van der Waals surface area contributed by atoms with E-state index in [1.807, 2.05) is 12.1 Å². The van der Waals surface area contributed by atoms with E-state index in [1.165, 1.54) is 17.3 Å². The molecule has 0 aliphatic carbocycles. The van der Waals surface area contributed by atoms with Crippen LogP contribution in [0.1, 0.15) is 19.8 Å². The zero-order valence-electron chi connectivity index (χ0n) is 9.90. The van der Waals surface area contributed by atoms with E-state index in [0.717, 1.165) is 18.0 Å². The van der Waals surface area contributed by atoms with Gasteiger partial charge in [-0.2, -0.15) is 0 Å². The SMILES string of the molecule is CC1CCC(Cn2ccc3cc(Cl)ccc32)O1. The van der Waals surface area contributed by atoms with Gasteiger partial charge in [-0.25, -0.2) is 0 Å². The van der Waals surface area contributed by atoms with Crippen molar-refractivity contribution >= 4 is 22.5 Å². The van der Waals surface area contributed by atoms with Crippen molar-refractivity contribution in [2.45, 2.75) is 38.5 Å². The van der Waals surface area contributed by atoms with E-state index >= 15 is 0 Å². The number of benzene rings is 1. The van der Waals surface area contributed by atoms with Gasteiger partial charge in [0.2, 0.25) is 0 Å². The number of hydrogen-bond acceptors (Lipinski definition) is 1. The Labute approximate surface area is 106 Å². The summed E-state index contributed by atoms with van der Waals surface area (Å²) in [6.45, 7) is 3.09. The molecule has 2 nitrogen and oxygen atoms in total. The molecule has 0 radical (unpaired) electrons. The molecule has 0 spiro atoms. The highest BCUT2D eigenvalue weighted by molar-refractivity contribution is 6.31. The van der Waals surface area contributed by atoms with Crippen LogP contribution in [0.3, 0.4) is 0 Å². The van der Waals surface area contributed by atoms with Crippen LogP contribution in [0.5, 0.6) is 0 Å². The molecule has 0 amide bonds. The molecule has 1 fully saturated rings. The molecule has 0 N–H and O–H groups in total. The average Bonchev–Trinajstić information content (AvgIpc) is 2.86. The van der Waals surface area contributed by atoms with Crippen molar-refractivity contribution in [2.24, 2.45) is 0 Å². The van der Waals surface area contributed by atoms with Gasteiger partial charge in [-0.1, -0.05) is 11.6 Å². The first kappa shape index (κ1) is 11.1. The van der Waals surface area contributed by atoms with E-state index in [-0.39, 0.29) is 0 Å². The van der Waals surface area contributed by atoms with Crippen molar-refractivity contribution in [1.82, 2.24) is 4.57 Å². The number of ether oxygens (including phenoxy) is 1. The van der Waals surface area contributed by atoms with Crippen LogP contribution in [0, 0.1) is 0 Å². The zero-order valence-corrected chi connectivity index (χ0v) is 10.7. The van der Waals surface area contributed by atoms with Gasteiger partial charge in [0.05, 0.1) is 12.2 Å². The van der Waals surface area contributed by atoms with Gasteiger partial charge in [0.1, 0.15) is 0 Å². The Morgan fingerprint density at radius 3 is 3.00 bits per heavy atom. The topological polar surface area (TPSA) is 14.2 Å². The lowest BCUT2D eigenvalue weighted by Gasteiger charge is -2.13. The summed E-state index contributed by atoms with van der Waals surface area (Å²) in [7, 11) is 0. The normalized spacial score (nSPS) is 24.6. The molecule has 3 rings (SSSR count). The third-order valence-electron chi connectivity index (χ3n) is 3.45. The van der Waals surface area contributed by atoms with E-state index in [4.69, 9.17) is 16.3 Å². The van der Waals surface area contributed by atoms with Crippen LogP contribution in [-0.2, 0) is 11.3 Å². The number of nitrogens with zero attached hydrogens (tertiary/aromatic N) is 1. The predicted molar refractivity (Wildman–Crippen MR) is 70.5 cm³/mol. The van der Waals surface area contributed by atoms with Gasteiger partial charge < -0.3 is 9.30 Å². The largest absolute Gasteiger partial charge is 0.373 e. The number of hydrogen-bond donors (Lipinski definition) is 0. The number of aromatic nitrogens is 1. The Morgan fingerprint density at radius 2 is 2.24 bits per heavy atom. The minimum Gasteiger partial charge on any atom is -0.373 e. The lowest BCUT2D eigenvalue weighted by atomic mass is 10.2. The van der Waals surface area contributed by atoms with Gasteiger partial charge in [0, 0.05) is 28.7 Å². The highest BCUT2D eigenvalue weighted by atomic mass is 35.5. The highest BCUT2D eigenvalue weighted by Crippen LogP contribution is 2.24. The third-order valence-corrected chi connectivity index (χ3v) is 3.69. The number of fused-ring (bicyclic) bond motifs is 1. The molecule has 2 heterocycles. The third kappa shape index (κ3) is 2.20. The van der Waals surface area contributed by atoms with Gasteiger partial charge in [0.25, 0.3) is 0 Å². The molecule has 90 valence electrons. The van der Waals surface area contributed by atoms with Crippen LogP contribution in [0.15, 0.2) is 30.5 Å². The molecule has 0 bridgehead atoms. The maximum Gasteiger partial charge on any atom is 0.0758 e. The molecule has 0 saturated carbocycles. The van der Waals surface area contributed by atoms with Crippen LogP contribution in [-0.4, -0.2) is 16.8 Å². The van der Waals surface area contributed by atoms with E-state index < -0.39 is 0 Å². The molecule has 1 saturated heterocycles. The van der Waals surface area contributed by atoms with Crippen LogP contribution < -0.4 is 0 Å². The molecule has 2 atom stereocenters. The quantitative estimate of drug-likeness (QED) is 0.788. The van der Waals surface area contributed by atoms with Crippen molar-refractivity contribution in [1.29, 1.82) is 0 Å². The van der Waals surface area contributed by atoms with Crippen molar-refractivity contribution < 1.29 is 4.74 Å².